The molecule has 0 saturated carbocycles. The van der Waals surface area contributed by atoms with Crippen LogP contribution >= 0.6 is 15.9 Å². The molecule has 0 aliphatic carbocycles. The van der Waals surface area contributed by atoms with Crippen molar-refractivity contribution in [3.63, 3.8) is 0 Å². The van der Waals surface area contributed by atoms with Crippen LogP contribution in [0.5, 0.6) is 0 Å². The molecule has 2 nitrogen and oxygen atoms in total. The predicted octanol–water partition coefficient (Wildman–Crippen LogP) is 3.54. The average Bonchev–Trinajstić information content (AvgIpc) is 2.66. The molecule has 2 rings (SSSR count). The highest BCUT2D eigenvalue weighted by Crippen LogP contribution is 2.27. The van der Waals surface area contributed by atoms with Gasteiger partial charge in [0.05, 0.1) is 5.69 Å². The second-order valence-corrected chi connectivity index (χ2v) is 3.64. The van der Waals surface area contributed by atoms with Crippen molar-refractivity contribution in [2.75, 3.05) is 0 Å². The van der Waals surface area contributed by atoms with Gasteiger partial charge in [0.2, 0.25) is 0 Å². The van der Waals surface area contributed by atoms with Gasteiger partial charge >= 0.3 is 0 Å². The highest BCUT2D eigenvalue weighted by Gasteiger charge is 2.10. The molecule has 0 aliphatic heterocycles. The summed E-state index contributed by atoms with van der Waals surface area (Å²) >= 11 is 3.39. The Bertz CT molecular complexity index is 436. The Morgan fingerprint density at radius 3 is 2.86 bits per heavy atom. The Hall–Kier alpha value is -1.09. The SMILES string of the molecule is Cc1ccccc1-c1ocnc1CBr. The summed E-state index contributed by atoms with van der Waals surface area (Å²) in [5, 5.41) is 0.715. The first-order valence-corrected chi connectivity index (χ1v) is 5.49. The van der Waals surface area contributed by atoms with Crippen molar-refractivity contribution >= 4 is 15.9 Å². The molecular formula is C11H10BrNO. The third kappa shape index (κ3) is 1.60. The van der Waals surface area contributed by atoms with Gasteiger partial charge in [-0.15, -0.1) is 0 Å². The number of halogens is 1. The van der Waals surface area contributed by atoms with Crippen LogP contribution in [-0.4, -0.2) is 4.98 Å². The highest BCUT2D eigenvalue weighted by atomic mass is 79.9. The van der Waals surface area contributed by atoms with E-state index in [4.69, 9.17) is 4.42 Å². The number of oxazole rings is 1. The van der Waals surface area contributed by atoms with Crippen LogP contribution in [0.15, 0.2) is 35.1 Å². The van der Waals surface area contributed by atoms with E-state index < -0.39 is 0 Å². The Balaban J connectivity index is 2.54. The van der Waals surface area contributed by atoms with E-state index in [1.165, 1.54) is 12.0 Å². The lowest BCUT2D eigenvalue weighted by Gasteiger charge is -2.02. The number of aromatic nitrogens is 1. The molecule has 0 aliphatic rings. The highest BCUT2D eigenvalue weighted by molar-refractivity contribution is 9.08. The Kier molecular flexibility index (Phi) is 2.68. The van der Waals surface area contributed by atoms with E-state index in [0.717, 1.165) is 17.0 Å². The molecule has 0 atom stereocenters. The van der Waals surface area contributed by atoms with Gasteiger partial charge in [-0.1, -0.05) is 40.2 Å². The molecule has 1 heterocycles. The first-order valence-electron chi connectivity index (χ1n) is 4.37. The van der Waals surface area contributed by atoms with Gasteiger partial charge in [0.15, 0.2) is 12.2 Å². The largest absolute Gasteiger partial charge is 0.443 e. The van der Waals surface area contributed by atoms with Crippen molar-refractivity contribution < 1.29 is 4.42 Å². The zero-order chi connectivity index (χ0) is 9.97. The lowest BCUT2D eigenvalue weighted by molar-refractivity contribution is 0.571. The first kappa shape index (κ1) is 9.46. The maximum absolute atomic E-state index is 5.38. The van der Waals surface area contributed by atoms with Crippen molar-refractivity contribution in [1.82, 2.24) is 4.98 Å². The van der Waals surface area contributed by atoms with Crippen molar-refractivity contribution in [1.29, 1.82) is 0 Å². The van der Waals surface area contributed by atoms with Crippen LogP contribution in [0.1, 0.15) is 11.3 Å². The minimum Gasteiger partial charge on any atom is -0.443 e. The maximum Gasteiger partial charge on any atom is 0.181 e. The summed E-state index contributed by atoms with van der Waals surface area (Å²) in [4.78, 5) is 4.14. The van der Waals surface area contributed by atoms with E-state index in [1.807, 2.05) is 18.2 Å². The van der Waals surface area contributed by atoms with E-state index in [1.54, 1.807) is 0 Å². The quantitative estimate of drug-likeness (QED) is 0.764. The minimum atomic E-state index is 0.715. The third-order valence-corrected chi connectivity index (χ3v) is 2.69. The smallest absolute Gasteiger partial charge is 0.181 e. The van der Waals surface area contributed by atoms with Crippen LogP contribution in [0.3, 0.4) is 0 Å². The Labute approximate surface area is 91.1 Å². The number of alkyl halides is 1. The first-order chi connectivity index (χ1) is 6.83. The molecule has 0 fully saturated rings. The fraction of sp³-hybridized carbons (Fsp3) is 0.182. The van der Waals surface area contributed by atoms with Crippen LogP contribution in [0, 0.1) is 6.92 Å². The summed E-state index contributed by atoms with van der Waals surface area (Å²) in [5.41, 5.74) is 3.25. The van der Waals surface area contributed by atoms with Gasteiger partial charge in [0, 0.05) is 10.9 Å². The van der Waals surface area contributed by atoms with Gasteiger partial charge in [-0.3, -0.25) is 0 Å². The number of rotatable bonds is 2. The topological polar surface area (TPSA) is 26.0 Å². The monoisotopic (exact) mass is 251 g/mol. The molecule has 14 heavy (non-hydrogen) atoms. The zero-order valence-corrected chi connectivity index (χ0v) is 9.41. The molecule has 0 spiro atoms. The summed E-state index contributed by atoms with van der Waals surface area (Å²) in [7, 11) is 0. The van der Waals surface area contributed by atoms with Crippen LogP contribution < -0.4 is 0 Å². The van der Waals surface area contributed by atoms with Crippen LogP contribution in [0.2, 0.25) is 0 Å². The normalized spacial score (nSPS) is 10.4. The summed E-state index contributed by atoms with van der Waals surface area (Å²) in [5.74, 6) is 0.861. The summed E-state index contributed by atoms with van der Waals surface area (Å²) in [6.07, 6.45) is 1.48. The van der Waals surface area contributed by atoms with Crippen LogP contribution in [0.4, 0.5) is 0 Å². The number of benzene rings is 1. The van der Waals surface area contributed by atoms with Crippen LogP contribution in [-0.2, 0) is 5.33 Å². The van der Waals surface area contributed by atoms with Gasteiger partial charge in [-0.2, -0.15) is 0 Å². The lowest BCUT2D eigenvalue weighted by Crippen LogP contribution is -1.85. The van der Waals surface area contributed by atoms with Crippen LogP contribution in [0.25, 0.3) is 11.3 Å². The van der Waals surface area contributed by atoms with E-state index in [-0.39, 0.29) is 0 Å². The van der Waals surface area contributed by atoms with E-state index in [0.29, 0.717) is 5.33 Å². The van der Waals surface area contributed by atoms with E-state index >= 15 is 0 Å². The molecule has 2 aromatic rings. The third-order valence-electron chi connectivity index (χ3n) is 2.16. The lowest BCUT2D eigenvalue weighted by atomic mass is 10.1. The molecule has 72 valence electrons. The molecule has 0 radical (unpaired) electrons. The van der Waals surface area contributed by atoms with Crippen molar-refractivity contribution in [3.8, 4) is 11.3 Å². The van der Waals surface area contributed by atoms with E-state index in [2.05, 4.69) is 33.9 Å². The van der Waals surface area contributed by atoms with Crippen molar-refractivity contribution in [2.45, 2.75) is 12.3 Å². The van der Waals surface area contributed by atoms with Gasteiger partial charge in [0.25, 0.3) is 0 Å². The Morgan fingerprint density at radius 1 is 1.36 bits per heavy atom. The number of aryl methyl sites for hydroxylation is 1. The van der Waals surface area contributed by atoms with Crippen molar-refractivity contribution in [2.24, 2.45) is 0 Å². The fourth-order valence-electron chi connectivity index (χ4n) is 1.41. The van der Waals surface area contributed by atoms with Gasteiger partial charge < -0.3 is 4.42 Å². The molecule has 0 N–H and O–H groups in total. The molecule has 0 amide bonds. The number of nitrogens with zero attached hydrogens (tertiary/aromatic N) is 1. The second kappa shape index (κ2) is 3.96. The van der Waals surface area contributed by atoms with Crippen molar-refractivity contribution in [3.05, 3.63) is 41.9 Å². The number of hydrogen-bond donors (Lipinski definition) is 0. The Morgan fingerprint density at radius 2 is 2.14 bits per heavy atom. The maximum atomic E-state index is 5.38. The number of hydrogen-bond acceptors (Lipinski definition) is 2. The van der Waals surface area contributed by atoms with Gasteiger partial charge in [-0.25, -0.2) is 4.98 Å². The molecule has 0 unspecified atom stereocenters. The van der Waals surface area contributed by atoms with Gasteiger partial charge in [0.1, 0.15) is 0 Å². The van der Waals surface area contributed by atoms with Gasteiger partial charge in [-0.05, 0) is 12.5 Å². The summed E-state index contributed by atoms with van der Waals surface area (Å²) in [6, 6.07) is 8.13. The summed E-state index contributed by atoms with van der Waals surface area (Å²) < 4.78 is 5.38. The predicted molar refractivity (Wildman–Crippen MR) is 59.3 cm³/mol. The fourth-order valence-corrected chi connectivity index (χ4v) is 1.81. The molecular weight excluding hydrogens is 242 g/mol. The average molecular weight is 252 g/mol. The second-order valence-electron chi connectivity index (χ2n) is 3.08. The molecule has 3 heteroatoms. The minimum absolute atomic E-state index is 0.715. The molecule has 0 bridgehead atoms. The van der Waals surface area contributed by atoms with E-state index in [9.17, 15) is 0 Å². The molecule has 1 aromatic carbocycles. The zero-order valence-electron chi connectivity index (χ0n) is 7.83. The molecule has 0 saturated heterocycles. The standard InChI is InChI=1S/C11H10BrNO/c1-8-4-2-3-5-9(8)11-10(6-12)13-7-14-11/h2-5,7H,6H2,1H3. The summed E-state index contributed by atoms with van der Waals surface area (Å²) in [6.45, 7) is 2.07. The molecule has 1 aromatic heterocycles.